The summed E-state index contributed by atoms with van der Waals surface area (Å²) in [6.07, 6.45) is 2.05. The van der Waals surface area contributed by atoms with Crippen LogP contribution in [-0.4, -0.2) is 41.1 Å². The topological polar surface area (TPSA) is 69.6 Å². The Balaban J connectivity index is 2.60. The highest BCUT2D eigenvalue weighted by Crippen LogP contribution is 2.26. The molecule has 0 aliphatic carbocycles. The summed E-state index contributed by atoms with van der Waals surface area (Å²) in [5.74, 6) is -0.317. The Labute approximate surface area is 115 Å². The average molecular weight is 270 g/mol. The van der Waals surface area contributed by atoms with Gasteiger partial charge in [0.2, 0.25) is 0 Å². The van der Waals surface area contributed by atoms with Gasteiger partial charge in [-0.1, -0.05) is 20.8 Å². The number of carboxylic acids is 1. The van der Waals surface area contributed by atoms with Crippen molar-refractivity contribution in [3.8, 4) is 0 Å². The lowest BCUT2D eigenvalue weighted by atomic mass is 9.82. The Kier molecular flexibility index (Phi) is 5.20. The maximum Gasteiger partial charge on any atom is 0.317 e. The van der Waals surface area contributed by atoms with Gasteiger partial charge in [0, 0.05) is 19.1 Å². The molecule has 1 aliphatic rings. The summed E-state index contributed by atoms with van der Waals surface area (Å²) in [5, 5.41) is 12.1. The van der Waals surface area contributed by atoms with Gasteiger partial charge in [-0.2, -0.15) is 0 Å². The molecule has 1 fully saturated rings. The largest absolute Gasteiger partial charge is 0.481 e. The molecule has 0 bridgehead atoms. The lowest BCUT2D eigenvalue weighted by Gasteiger charge is -2.29. The van der Waals surface area contributed by atoms with E-state index in [9.17, 15) is 14.7 Å². The predicted molar refractivity (Wildman–Crippen MR) is 74.0 cm³/mol. The molecule has 5 heteroatoms. The summed E-state index contributed by atoms with van der Waals surface area (Å²) in [5.41, 5.74) is -0.843. The van der Waals surface area contributed by atoms with Crippen LogP contribution in [-0.2, 0) is 4.79 Å². The molecule has 0 saturated carbocycles. The summed E-state index contributed by atoms with van der Waals surface area (Å²) in [4.78, 5) is 25.3. The van der Waals surface area contributed by atoms with E-state index in [4.69, 9.17) is 0 Å². The van der Waals surface area contributed by atoms with Crippen molar-refractivity contribution < 1.29 is 14.7 Å². The van der Waals surface area contributed by atoms with Gasteiger partial charge in [0.1, 0.15) is 0 Å². The third-order valence-corrected chi connectivity index (χ3v) is 4.43. The molecule has 0 aromatic rings. The molecule has 1 heterocycles. The number of nitrogens with one attached hydrogen (secondary N) is 1. The second-order valence-electron chi connectivity index (χ2n) is 5.79. The van der Waals surface area contributed by atoms with Gasteiger partial charge in [-0.15, -0.1) is 0 Å². The maximum atomic E-state index is 12.1. The number of urea groups is 1. The summed E-state index contributed by atoms with van der Waals surface area (Å²) >= 11 is 0. The Hall–Kier alpha value is -1.26. The molecule has 2 amide bonds. The van der Waals surface area contributed by atoms with E-state index >= 15 is 0 Å². The van der Waals surface area contributed by atoms with Gasteiger partial charge in [0.25, 0.3) is 0 Å². The van der Waals surface area contributed by atoms with Crippen LogP contribution in [0.25, 0.3) is 0 Å². The van der Waals surface area contributed by atoms with Crippen molar-refractivity contribution in [3.05, 3.63) is 0 Å². The van der Waals surface area contributed by atoms with E-state index in [1.807, 2.05) is 25.7 Å². The normalized spacial score (nSPS) is 23.5. The van der Waals surface area contributed by atoms with E-state index in [1.54, 1.807) is 0 Å². The molecule has 2 N–H and O–H groups in total. The van der Waals surface area contributed by atoms with Gasteiger partial charge in [-0.25, -0.2) is 4.79 Å². The highest BCUT2D eigenvalue weighted by molar-refractivity contribution is 5.78. The highest BCUT2D eigenvalue weighted by Gasteiger charge is 2.37. The maximum absolute atomic E-state index is 12.1. The minimum Gasteiger partial charge on any atom is -0.481 e. The molecule has 19 heavy (non-hydrogen) atoms. The van der Waals surface area contributed by atoms with Crippen molar-refractivity contribution in [2.75, 3.05) is 13.1 Å². The van der Waals surface area contributed by atoms with Crippen LogP contribution in [0.4, 0.5) is 4.79 Å². The first-order valence-electron chi connectivity index (χ1n) is 7.14. The van der Waals surface area contributed by atoms with Crippen molar-refractivity contribution >= 4 is 12.0 Å². The van der Waals surface area contributed by atoms with Crippen molar-refractivity contribution in [1.82, 2.24) is 10.2 Å². The first kappa shape index (κ1) is 15.8. The van der Waals surface area contributed by atoms with E-state index in [0.717, 1.165) is 13.0 Å². The summed E-state index contributed by atoms with van der Waals surface area (Å²) < 4.78 is 0. The van der Waals surface area contributed by atoms with Gasteiger partial charge in [0.15, 0.2) is 0 Å². The summed E-state index contributed by atoms with van der Waals surface area (Å²) in [6.45, 7) is 8.82. The molecular weight excluding hydrogens is 244 g/mol. The first-order valence-corrected chi connectivity index (χ1v) is 7.14. The average Bonchev–Trinajstić information content (AvgIpc) is 2.69. The van der Waals surface area contributed by atoms with E-state index in [0.29, 0.717) is 18.8 Å². The van der Waals surface area contributed by atoms with E-state index in [-0.39, 0.29) is 18.6 Å². The van der Waals surface area contributed by atoms with Crippen LogP contribution in [0.2, 0.25) is 0 Å². The van der Waals surface area contributed by atoms with Crippen molar-refractivity contribution in [2.24, 2.45) is 11.3 Å². The molecule has 1 saturated heterocycles. The number of rotatable bonds is 5. The monoisotopic (exact) mass is 270 g/mol. The smallest absolute Gasteiger partial charge is 0.317 e. The quantitative estimate of drug-likeness (QED) is 0.805. The summed E-state index contributed by atoms with van der Waals surface area (Å²) in [7, 11) is 0. The van der Waals surface area contributed by atoms with E-state index in [2.05, 4.69) is 12.2 Å². The first-order chi connectivity index (χ1) is 8.86. The van der Waals surface area contributed by atoms with Gasteiger partial charge in [-0.3, -0.25) is 4.79 Å². The van der Waals surface area contributed by atoms with Crippen LogP contribution in [0, 0.1) is 11.3 Å². The van der Waals surface area contributed by atoms with Crippen molar-refractivity contribution in [1.29, 1.82) is 0 Å². The Morgan fingerprint density at radius 3 is 2.26 bits per heavy atom. The number of likely N-dealkylation sites (tertiary alicyclic amines) is 1. The lowest BCUT2D eigenvalue weighted by molar-refractivity contribution is -0.149. The van der Waals surface area contributed by atoms with Crippen LogP contribution < -0.4 is 5.32 Å². The molecule has 0 spiro atoms. The number of hydrogen-bond acceptors (Lipinski definition) is 2. The van der Waals surface area contributed by atoms with Crippen molar-refractivity contribution in [2.45, 2.75) is 53.0 Å². The second kappa shape index (κ2) is 6.26. The van der Waals surface area contributed by atoms with Gasteiger partial charge in [-0.05, 0) is 32.1 Å². The zero-order chi connectivity index (χ0) is 14.6. The van der Waals surface area contributed by atoms with Crippen LogP contribution >= 0.6 is 0 Å². The molecule has 0 aromatic carbocycles. The van der Waals surface area contributed by atoms with Crippen LogP contribution in [0.1, 0.15) is 47.0 Å². The van der Waals surface area contributed by atoms with Crippen LogP contribution in [0.5, 0.6) is 0 Å². The van der Waals surface area contributed by atoms with Gasteiger partial charge < -0.3 is 15.3 Å². The Morgan fingerprint density at radius 2 is 1.89 bits per heavy atom. The summed E-state index contributed by atoms with van der Waals surface area (Å²) in [6, 6.07) is 0.0989. The number of carboxylic acid groups (broad SMARTS) is 1. The number of aliphatic carboxylic acids is 1. The van der Waals surface area contributed by atoms with Gasteiger partial charge >= 0.3 is 12.0 Å². The Bertz CT molecular complexity index is 340. The highest BCUT2D eigenvalue weighted by atomic mass is 16.4. The third kappa shape index (κ3) is 3.39. The number of hydrogen-bond donors (Lipinski definition) is 2. The molecular formula is C14H26N2O3. The molecule has 2 unspecified atom stereocenters. The van der Waals surface area contributed by atoms with Gasteiger partial charge in [0.05, 0.1) is 5.41 Å². The zero-order valence-corrected chi connectivity index (χ0v) is 12.4. The Morgan fingerprint density at radius 1 is 1.32 bits per heavy atom. The van der Waals surface area contributed by atoms with E-state index in [1.165, 1.54) is 0 Å². The number of amides is 2. The molecule has 0 radical (unpaired) electrons. The van der Waals surface area contributed by atoms with Crippen LogP contribution in [0.3, 0.4) is 0 Å². The standard InChI is InChI=1S/C14H26N2O3/c1-5-14(6-2,12(17)18)9-15-13(19)16-8-10(3)7-11(16)4/h10-11H,5-9H2,1-4H3,(H,15,19)(H,17,18). The third-order valence-electron chi connectivity index (χ3n) is 4.43. The fourth-order valence-corrected chi connectivity index (χ4v) is 2.81. The second-order valence-corrected chi connectivity index (χ2v) is 5.79. The fraction of sp³-hybridized carbons (Fsp3) is 0.857. The molecule has 1 aliphatic heterocycles. The minimum absolute atomic E-state index is 0.135. The molecule has 0 aromatic heterocycles. The molecule has 110 valence electrons. The number of carbonyl (C=O) groups is 2. The minimum atomic E-state index is -0.843. The molecule has 5 nitrogen and oxygen atoms in total. The lowest BCUT2D eigenvalue weighted by Crippen LogP contribution is -2.48. The molecule has 1 rings (SSSR count). The number of carbonyl (C=O) groups excluding carboxylic acids is 1. The fourth-order valence-electron chi connectivity index (χ4n) is 2.81. The number of nitrogens with zero attached hydrogens (tertiary/aromatic N) is 1. The molecule has 2 atom stereocenters. The van der Waals surface area contributed by atoms with Crippen molar-refractivity contribution in [3.63, 3.8) is 0 Å². The SMILES string of the molecule is CCC(CC)(CNC(=O)N1CC(C)CC1C)C(=O)O. The predicted octanol–water partition coefficient (Wildman–Crippen LogP) is 2.32. The zero-order valence-electron chi connectivity index (χ0n) is 12.4. The van der Waals surface area contributed by atoms with Crippen LogP contribution in [0.15, 0.2) is 0 Å². The van der Waals surface area contributed by atoms with E-state index < -0.39 is 11.4 Å².